The predicted octanol–water partition coefficient (Wildman–Crippen LogP) is 0.884. The van der Waals surface area contributed by atoms with Crippen molar-refractivity contribution in [3.63, 3.8) is 0 Å². The Morgan fingerprint density at radius 2 is 2.06 bits per heavy atom. The minimum Gasteiger partial charge on any atom is -0.383 e. The average Bonchev–Trinajstić information content (AvgIpc) is 2.38. The largest absolute Gasteiger partial charge is 0.383 e. The van der Waals surface area contributed by atoms with Gasteiger partial charge in [0.25, 0.3) is 0 Å². The first kappa shape index (κ1) is 14.5. The first-order valence-corrected chi connectivity index (χ1v) is 5.85. The molecule has 0 bridgehead atoms. The molecule has 0 atom stereocenters. The molecule has 0 radical (unpaired) electrons. The Morgan fingerprint density at radius 1 is 1.28 bits per heavy atom. The van der Waals surface area contributed by atoms with Gasteiger partial charge in [-0.2, -0.15) is 0 Å². The lowest BCUT2D eigenvalue weighted by atomic mass is 10.1. The van der Waals surface area contributed by atoms with Gasteiger partial charge in [0.1, 0.15) is 0 Å². The van der Waals surface area contributed by atoms with E-state index in [0.717, 1.165) is 11.1 Å². The molecule has 0 aliphatic rings. The molecule has 0 fully saturated rings. The summed E-state index contributed by atoms with van der Waals surface area (Å²) in [5.74, 6) is 0.434. The standard InChI is InChI=1S/C13H21N3O2/c1-17-7-6-15-13(14)16-9-11-4-3-5-12(8-11)10-18-2/h3-5,8H,6-7,9-10H2,1-2H3,(H3,14,15,16). The van der Waals surface area contributed by atoms with E-state index >= 15 is 0 Å². The molecule has 5 heteroatoms. The molecule has 0 aliphatic heterocycles. The molecule has 0 spiro atoms. The van der Waals surface area contributed by atoms with Gasteiger partial charge in [-0.3, -0.25) is 0 Å². The highest BCUT2D eigenvalue weighted by molar-refractivity contribution is 5.77. The van der Waals surface area contributed by atoms with Crippen molar-refractivity contribution in [2.75, 3.05) is 27.4 Å². The summed E-state index contributed by atoms with van der Waals surface area (Å²) < 4.78 is 10.00. The zero-order chi connectivity index (χ0) is 13.2. The first-order valence-electron chi connectivity index (χ1n) is 5.85. The van der Waals surface area contributed by atoms with Gasteiger partial charge in [-0.15, -0.1) is 0 Å². The number of hydrogen-bond acceptors (Lipinski definition) is 3. The fraction of sp³-hybridized carbons (Fsp3) is 0.462. The van der Waals surface area contributed by atoms with Crippen LogP contribution in [-0.4, -0.2) is 33.3 Å². The van der Waals surface area contributed by atoms with E-state index < -0.39 is 0 Å². The number of benzene rings is 1. The van der Waals surface area contributed by atoms with Crippen molar-refractivity contribution in [3.8, 4) is 0 Å². The summed E-state index contributed by atoms with van der Waals surface area (Å²) in [5.41, 5.74) is 7.97. The number of hydrogen-bond donors (Lipinski definition) is 2. The fourth-order valence-corrected chi connectivity index (χ4v) is 1.50. The molecule has 5 nitrogen and oxygen atoms in total. The van der Waals surface area contributed by atoms with Crippen LogP contribution in [0.25, 0.3) is 0 Å². The number of methoxy groups -OCH3 is 2. The Morgan fingerprint density at radius 3 is 2.78 bits per heavy atom. The number of nitrogens with one attached hydrogen (secondary N) is 1. The summed E-state index contributed by atoms with van der Waals surface area (Å²) in [6, 6.07) is 8.10. The van der Waals surface area contributed by atoms with Gasteiger partial charge in [0, 0.05) is 20.8 Å². The van der Waals surface area contributed by atoms with Crippen molar-refractivity contribution in [2.24, 2.45) is 10.7 Å². The highest BCUT2D eigenvalue weighted by Gasteiger charge is 1.96. The molecule has 0 aliphatic carbocycles. The Kier molecular flexibility index (Phi) is 6.83. The number of ether oxygens (including phenoxy) is 2. The van der Waals surface area contributed by atoms with E-state index in [1.807, 2.05) is 18.2 Å². The molecule has 18 heavy (non-hydrogen) atoms. The summed E-state index contributed by atoms with van der Waals surface area (Å²) in [4.78, 5) is 4.25. The lowest BCUT2D eigenvalue weighted by molar-refractivity contribution is 0.185. The molecule has 1 aromatic rings. The first-order chi connectivity index (χ1) is 8.76. The van der Waals surface area contributed by atoms with E-state index in [0.29, 0.717) is 32.3 Å². The second-order valence-corrected chi connectivity index (χ2v) is 3.87. The normalized spacial score (nSPS) is 11.6. The molecule has 1 rings (SSSR count). The van der Waals surface area contributed by atoms with E-state index in [1.54, 1.807) is 14.2 Å². The van der Waals surface area contributed by atoms with Crippen LogP contribution in [0.1, 0.15) is 11.1 Å². The summed E-state index contributed by atoms with van der Waals surface area (Å²) in [6.07, 6.45) is 0. The van der Waals surface area contributed by atoms with Gasteiger partial charge in [0.05, 0.1) is 19.8 Å². The minimum absolute atomic E-state index is 0.434. The second kappa shape index (κ2) is 8.49. The third-order valence-electron chi connectivity index (χ3n) is 2.35. The highest BCUT2D eigenvalue weighted by atomic mass is 16.5. The Balaban J connectivity index is 2.46. The maximum atomic E-state index is 5.72. The van der Waals surface area contributed by atoms with Crippen molar-refractivity contribution in [1.29, 1.82) is 0 Å². The molecular weight excluding hydrogens is 230 g/mol. The van der Waals surface area contributed by atoms with E-state index in [9.17, 15) is 0 Å². The van der Waals surface area contributed by atoms with Gasteiger partial charge in [-0.1, -0.05) is 24.3 Å². The second-order valence-electron chi connectivity index (χ2n) is 3.87. The third-order valence-corrected chi connectivity index (χ3v) is 2.35. The quantitative estimate of drug-likeness (QED) is 0.429. The molecule has 0 saturated heterocycles. The van der Waals surface area contributed by atoms with Gasteiger partial charge in [0.2, 0.25) is 0 Å². The van der Waals surface area contributed by atoms with Gasteiger partial charge in [0.15, 0.2) is 5.96 Å². The molecule has 0 unspecified atom stereocenters. The van der Waals surface area contributed by atoms with Gasteiger partial charge >= 0.3 is 0 Å². The van der Waals surface area contributed by atoms with Crippen LogP contribution < -0.4 is 11.1 Å². The monoisotopic (exact) mass is 251 g/mol. The van der Waals surface area contributed by atoms with Crippen molar-refractivity contribution in [1.82, 2.24) is 5.32 Å². The van der Waals surface area contributed by atoms with Crippen LogP contribution in [-0.2, 0) is 22.6 Å². The summed E-state index contributed by atoms with van der Waals surface area (Å²) in [7, 11) is 3.33. The Labute approximate surface area is 108 Å². The van der Waals surface area contributed by atoms with Gasteiger partial charge < -0.3 is 20.5 Å². The van der Waals surface area contributed by atoms with Crippen LogP contribution >= 0.6 is 0 Å². The zero-order valence-electron chi connectivity index (χ0n) is 11.0. The molecule has 1 aromatic carbocycles. The predicted molar refractivity (Wildman–Crippen MR) is 72.4 cm³/mol. The van der Waals surface area contributed by atoms with Crippen LogP contribution in [0.4, 0.5) is 0 Å². The van der Waals surface area contributed by atoms with E-state index in [2.05, 4.69) is 16.4 Å². The fourth-order valence-electron chi connectivity index (χ4n) is 1.50. The molecule has 3 N–H and O–H groups in total. The van der Waals surface area contributed by atoms with Crippen LogP contribution in [0.15, 0.2) is 29.3 Å². The van der Waals surface area contributed by atoms with Crippen LogP contribution in [0.5, 0.6) is 0 Å². The third kappa shape index (κ3) is 5.65. The number of guanidine groups is 1. The van der Waals surface area contributed by atoms with Crippen LogP contribution in [0.3, 0.4) is 0 Å². The SMILES string of the molecule is COCCNC(N)=NCc1cccc(COC)c1. The number of nitrogens with zero attached hydrogens (tertiary/aromatic N) is 1. The number of nitrogens with two attached hydrogens (primary N) is 1. The molecule has 100 valence electrons. The zero-order valence-corrected chi connectivity index (χ0v) is 11.0. The lowest BCUT2D eigenvalue weighted by Gasteiger charge is -2.05. The summed E-state index contributed by atoms with van der Waals surface area (Å²) in [6.45, 7) is 2.44. The Hall–Kier alpha value is -1.59. The van der Waals surface area contributed by atoms with Crippen LogP contribution in [0, 0.1) is 0 Å². The molecular formula is C13H21N3O2. The van der Waals surface area contributed by atoms with Crippen LogP contribution in [0.2, 0.25) is 0 Å². The topological polar surface area (TPSA) is 68.9 Å². The maximum absolute atomic E-state index is 5.72. The maximum Gasteiger partial charge on any atom is 0.188 e. The Bertz CT molecular complexity index is 380. The highest BCUT2D eigenvalue weighted by Crippen LogP contribution is 2.07. The minimum atomic E-state index is 0.434. The molecule has 0 heterocycles. The van der Waals surface area contributed by atoms with E-state index in [4.69, 9.17) is 15.2 Å². The lowest BCUT2D eigenvalue weighted by Crippen LogP contribution is -2.34. The summed E-state index contributed by atoms with van der Waals surface area (Å²) >= 11 is 0. The smallest absolute Gasteiger partial charge is 0.188 e. The molecule has 0 aromatic heterocycles. The van der Waals surface area contributed by atoms with Gasteiger partial charge in [-0.05, 0) is 11.1 Å². The van der Waals surface area contributed by atoms with E-state index in [1.165, 1.54) is 0 Å². The average molecular weight is 251 g/mol. The number of rotatable bonds is 7. The van der Waals surface area contributed by atoms with Gasteiger partial charge in [-0.25, -0.2) is 4.99 Å². The van der Waals surface area contributed by atoms with Crippen molar-refractivity contribution in [3.05, 3.63) is 35.4 Å². The summed E-state index contributed by atoms with van der Waals surface area (Å²) in [5, 5.41) is 2.97. The van der Waals surface area contributed by atoms with Crippen molar-refractivity contribution in [2.45, 2.75) is 13.2 Å². The molecule has 0 amide bonds. The van der Waals surface area contributed by atoms with Crippen molar-refractivity contribution < 1.29 is 9.47 Å². The number of aliphatic imine (C=N–C) groups is 1. The van der Waals surface area contributed by atoms with E-state index in [-0.39, 0.29) is 0 Å². The molecule has 0 saturated carbocycles. The van der Waals surface area contributed by atoms with Crippen molar-refractivity contribution >= 4 is 5.96 Å².